The average molecular weight is 354 g/mol. The van der Waals surface area contributed by atoms with E-state index in [1.165, 1.54) is 5.56 Å². The largest absolute Gasteiger partial charge is 0.491 e. The summed E-state index contributed by atoms with van der Waals surface area (Å²) in [5.41, 5.74) is 2.09. The lowest BCUT2D eigenvalue weighted by atomic mass is 10.1. The van der Waals surface area contributed by atoms with Crippen LogP contribution in [0, 0.1) is 0 Å². The van der Waals surface area contributed by atoms with E-state index in [0.29, 0.717) is 13.2 Å². The molecule has 2 N–H and O–H groups in total. The van der Waals surface area contributed by atoms with Gasteiger partial charge >= 0.3 is 0 Å². The first-order valence-electron chi connectivity index (χ1n) is 9.18. The average Bonchev–Trinajstić information content (AvgIpc) is 3.20. The third-order valence-electron chi connectivity index (χ3n) is 4.33. The second-order valence-electron chi connectivity index (χ2n) is 6.41. The van der Waals surface area contributed by atoms with Crippen molar-refractivity contribution < 1.29 is 14.3 Å². The van der Waals surface area contributed by atoms with Crippen LogP contribution in [0.1, 0.15) is 18.4 Å². The summed E-state index contributed by atoms with van der Waals surface area (Å²) in [5.74, 6) is 0.765. The first-order valence-corrected chi connectivity index (χ1v) is 9.18. The Labute approximate surface area is 154 Å². The van der Waals surface area contributed by atoms with E-state index in [0.717, 1.165) is 37.3 Å². The van der Waals surface area contributed by atoms with E-state index >= 15 is 0 Å². The Balaban J connectivity index is 1.36. The molecular weight excluding hydrogens is 328 g/mol. The van der Waals surface area contributed by atoms with Gasteiger partial charge in [-0.15, -0.1) is 0 Å². The molecule has 1 atom stereocenters. The predicted molar refractivity (Wildman–Crippen MR) is 103 cm³/mol. The third-order valence-corrected chi connectivity index (χ3v) is 4.33. The highest BCUT2D eigenvalue weighted by Gasteiger charge is 2.15. The van der Waals surface area contributed by atoms with Gasteiger partial charge in [-0.1, -0.05) is 36.4 Å². The van der Waals surface area contributed by atoms with Gasteiger partial charge in [-0.2, -0.15) is 0 Å². The normalized spacial score (nSPS) is 16.2. The van der Waals surface area contributed by atoms with Gasteiger partial charge in [0.25, 0.3) is 0 Å². The zero-order valence-corrected chi connectivity index (χ0v) is 14.9. The Morgan fingerprint density at radius 1 is 1.15 bits per heavy atom. The van der Waals surface area contributed by atoms with Crippen LogP contribution in [0.5, 0.6) is 5.75 Å². The van der Waals surface area contributed by atoms with Crippen molar-refractivity contribution in [1.82, 2.24) is 5.32 Å². The molecule has 0 radical (unpaired) electrons. The molecule has 0 aromatic heterocycles. The van der Waals surface area contributed by atoms with Crippen LogP contribution in [-0.2, 0) is 16.0 Å². The van der Waals surface area contributed by atoms with Crippen LogP contribution in [0.15, 0.2) is 54.6 Å². The molecule has 1 unspecified atom stereocenters. The number of anilines is 1. The number of carbonyl (C=O) groups is 1. The Morgan fingerprint density at radius 2 is 2.04 bits per heavy atom. The van der Waals surface area contributed by atoms with Gasteiger partial charge in [0.05, 0.1) is 12.6 Å². The van der Waals surface area contributed by atoms with Crippen molar-refractivity contribution in [3.05, 3.63) is 60.2 Å². The smallest absolute Gasteiger partial charge is 0.239 e. The lowest BCUT2D eigenvalue weighted by molar-refractivity contribution is -0.119. The quantitative estimate of drug-likeness (QED) is 0.727. The van der Waals surface area contributed by atoms with Crippen molar-refractivity contribution in [2.24, 2.45) is 0 Å². The summed E-state index contributed by atoms with van der Waals surface area (Å²) in [6.07, 6.45) is 3.19. The highest BCUT2D eigenvalue weighted by Crippen LogP contribution is 2.19. The Hall–Kier alpha value is -2.53. The Bertz CT molecular complexity index is 685. The topological polar surface area (TPSA) is 59.6 Å². The second kappa shape index (κ2) is 9.82. The van der Waals surface area contributed by atoms with Crippen molar-refractivity contribution in [1.29, 1.82) is 0 Å². The lowest BCUT2D eigenvalue weighted by Crippen LogP contribution is -2.31. The van der Waals surface area contributed by atoms with E-state index in [-0.39, 0.29) is 18.6 Å². The summed E-state index contributed by atoms with van der Waals surface area (Å²) in [6.45, 7) is 2.28. The van der Waals surface area contributed by atoms with Crippen LogP contribution >= 0.6 is 0 Å². The Kier molecular flexibility index (Phi) is 6.90. The summed E-state index contributed by atoms with van der Waals surface area (Å²) in [5, 5.41) is 6.07. The Morgan fingerprint density at radius 3 is 2.85 bits per heavy atom. The second-order valence-corrected chi connectivity index (χ2v) is 6.41. The van der Waals surface area contributed by atoms with Crippen molar-refractivity contribution in [2.45, 2.75) is 25.4 Å². The van der Waals surface area contributed by atoms with Crippen molar-refractivity contribution in [2.75, 3.05) is 31.6 Å². The molecule has 138 valence electrons. The van der Waals surface area contributed by atoms with E-state index in [1.54, 1.807) is 0 Å². The van der Waals surface area contributed by atoms with Gasteiger partial charge in [0.2, 0.25) is 5.91 Å². The molecule has 0 bridgehead atoms. The fourth-order valence-corrected chi connectivity index (χ4v) is 2.90. The standard InChI is InChI=1S/C21H26N2O3/c24-21(22-12-11-17-6-2-1-3-7-17)15-23-18-8-4-9-19(14-18)26-16-20-10-5-13-25-20/h1-4,6-9,14,20,23H,5,10-13,15-16H2,(H,22,24). The molecule has 26 heavy (non-hydrogen) atoms. The van der Waals surface area contributed by atoms with Crippen LogP contribution in [0.4, 0.5) is 5.69 Å². The maximum atomic E-state index is 12.0. The molecule has 2 aromatic rings. The van der Waals surface area contributed by atoms with Crippen LogP contribution < -0.4 is 15.4 Å². The monoisotopic (exact) mass is 354 g/mol. The third kappa shape index (κ3) is 6.08. The molecule has 3 rings (SSSR count). The van der Waals surface area contributed by atoms with Crippen LogP contribution in [0.25, 0.3) is 0 Å². The maximum absolute atomic E-state index is 12.0. The van der Waals surface area contributed by atoms with E-state index < -0.39 is 0 Å². The number of nitrogens with one attached hydrogen (secondary N) is 2. The van der Waals surface area contributed by atoms with Gasteiger partial charge in [0.1, 0.15) is 12.4 Å². The van der Waals surface area contributed by atoms with Crippen LogP contribution in [0.3, 0.4) is 0 Å². The highest BCUT2D eigenvalue weighted by molar-refractivity contribution is 5.80. The molecule has 0 spiro atoms. The van der Waals surface area contributed by atoms with E-state index in [2.05, 4.69) is 22.8 Å². The minimum atomic E-state index is -0.0217. The SMILES string of the molecule is O=C(CNc1cccc(OCC2CCCO2)c1)NCCc1ccccc1. The summed E-state index contributed by atoms with van der Waals surface area (Å²) < 4.78 is 11.3. The molecular formula is C21H26N2O3. The molecule has 1 fully saturated rings. The van der Waals surface area contributed by atoms with Gasteiger partial charge in [-0.3, -0.25) is 4.79 Å². The molecule has 1 amide bonds. The highest BCUT2D eigenvalue weighted by atomic mass is 16.5. The molecule has 1 aliphatic rings. The van der Waals surface area contributed by atoms with Crippen molar-refractivity contribution >= 4 is 11.6 Å². The number of hydrogen-bond donors (Lipinski definition) is 2. The first kappa shape index (κ1) is 18.3. The maximum Gasteiger partial charge on any atom is 0.239 e. The van der Waals surface area contributed by atoms with E-state index in [1.807, 2.05) is 42.5 Å². The van der Waals surface area contributed by atoms with Crippen LogP contribution in [0.2, 0.25) is 0 Å². The van der Waals surface area contributed by atoms with Gasteiger partial charge in [-0.25, -0.2) is 0 Å². The van der Waals surface area contributed by atoms with Gasteiger partial charge in [0, 0.05) is 24.9 Å². The predicted octanol–water partition coefficient (Wildman–Crippen LogP) is 3.02. The lowest BCUT2D eigenvalue weighted by Gasteiger charge is -2.13. The van der Waals surface area contributed by atoms with Crippen LogP contribution in [-0.4, -0.2) is 38.3 Å². The van der Waals surface area contributed by atoms with Gasteiger partial charge < -0.3 is 20.1 Å². The number of benzene rings is 2. The molecule has 1 aliphatic heterocycles. The van der Waals surface area contributed by atoms with Gasteiger partial charge in [-0.05, 0) is 37.0 Å². The van der Waals surface area contributed by atoms with Crippen molar-refractivity contribution in [3.8, 4) is 5.75 Å². The molecule has 5 heteroatoms. The minimum Gasteiger partial charge on any atom is -0.491 e. The molecule has 1 saturated heterocycles. The van der Waals surface area contributed by atoms with E-state index in [4.69, 9.17) is 9.47 Å². The number of rotatable bonds is 9. The zero-order chi connectivity index (χ0) is 18.0. The fraction of sp³-hybridized carbons (Fsp3) is 0.381. The molecule has 5 nitrogen and oxygen atoms in total. The first-order chi connectivity index (χ1) is 12.8. The summed E-state index contributed by atoms with van der Waals surface area (Å²) >= 11 is 0. The number of ether oxygens (including phenoxy) is 2. The molecule has 2 aromatic carbocycles. The number of amides is 1. The molecule has 1 heterocycles. The molecule has 0 aliphatic carbocycles. The zero-order valence-electron chi connectivity index (χ0n) is 14.9. The minimum absolute atomic E-state index is 0.0217. The number of carbonyl (C=O) groups excluding carboxylic acids is 1. The van der Waals surface area contributed by atoms with E-state index in [9.17, 15) is 4.79 Å². The fourth-order valence-electron chi connectivity index (χ4n) is 2.90. The van der Waals surface area contributed by atoms with Crippen molar-refractivity contribution in [3.63, 3.8) is 0 Å². The summed E-state index contributed by atoms with van der Waals surface area (Å²) in [7, 11) is 0. The molecule has 0 saturated carbocycles. The van der Waals surface area contributed by atoms with Gasteiger partial charge in [0.15, 0.2) is 0 Å². The summed E-state index contributed by atoms with van der Waals surface area (Å²) in [6, 6.07) is 17.8. The number of hydrogen-bond acceptors (Lipinski definition) is 4. The summed E-state index contributed by atoms with van der Waals surface area (Å²) in [4.78, 5) is 12.0.